The lowest BCUT2D eigenvalue weighted by molar-refractivity contribution is -0.0140. The molecule has 144 valence electrons. The fraction of sp³-hybridized carbons (Fsp3) is 0.500. The van der Waals surface area contributed by atoms with E-state index in [1.807, 2.05) is 18.2 Å². The molecule has 3 aliphatic heterocycles. The van der Waals surface area contributed by atoms with E-state index in [0.717, 1.165) is 17.3 Å². The first-order chi connectivity index (χ1) is 13.0. The third-order valence-corrected chi connectivity index (χ3v) is 6.34. The number of hydrogen-bond acceptors (Lipinski definition) is 4. The van der Waals surface area contributed by atoms with Gasteiger partial charge < -0.3 is 15.0 Å². The lowest BCUT2D eigenvalue weighted by Gasteiger charge is -2.51. The molecule has 2 amide bonds. The molecule has 0 spiro atoms. The largest absolute Gasteiger partial charge is 0.495 e. The Balaban J connectivity index is 1.40. The van der Waals surface area contributed by atoms with Gasteiger partial charge in [-0.25, -0.2) is 9.78 Å². The molecule has 2 bridgehead atoms. The van der Waals surface area contributed by atoms with Crippen LogP contribution in [-0.2, 0) is 0 Å². The van der Waals surface area contributed by atoms with Crippen LogP contribution in [0.15, 0.2) is 24.4 Å². The molecular formula is C20H25ClN4O2. The van der Waals surface area contributed by atoms with Crippen LogP contribution in [0.5, 0.6) is 5.75 Å². The molecule has 2 aromatic rings. The van der Waals surface area contributed by atoms with Crippen LogP contribution < -0.4 is 15.4 Å². The van der Waals surface area contributed by atoms with E-state index in [1.165, 1.54) is 25.9 Å². The van der Waals surface area contributed by atoms with Gasteiger partial charge in [-0.1, -0.05) is 18.5 Å². The first-order valence-electron chi connectivity index (χ1n) is 9.37. The van der Waals surface area contributed by atoms with E-state index in [2.05, 4.69) is 27.4 Å². The summed E-state index contributed by atoms with van der Waals surface area (Å²) < 4.78 is 5.22. The average Bonchev–Trinajstić information content (AvgIpc) is 2.66. The van der Waals surface area contributed by atoms with Crippen LogP contribution in [0.25, 0.3) is 10.8 Å². The molecule has 7 heteroatoms. The maximum absolute atomic E-state index is 12.4. The van der Waals surface area contributed by atoms with E-state index in [9.17, 15) is 4.79 Å². The highest BCUT2D eigenvalue weighted by Gasteiger charge is 2.43. The molecule has 3 aliphatic rings. The zero-order chi connectivity index (χ0) is 19.0. The van der Waals surface area contributed by atoms with E-state index in [4.69, 9.17) is 16.3 Å². The minimum Gasteiger partial charge on any atom is -0.495 e. The van der Waals surface area contributed by atoms with E-state index in [-0.39, 0.29) is 11.4 Å². The van der Waals surface area contributed by atoms with Gasteiger partial charge in [0.15, 0.2) is 0 Å². The number of nitrogens with zero attached hydrogens (tertiary/aromatic N) is 2. The van der Waals surface area contributed by atoms with Crippen molar-refractivity contribution < 1.29 is 9.53 Å². The summed E-state index contributed by atoms with van der Waals surface area (Å²) in [5.74, 6) is 1.80. The minimum atomic E-state index is -0.223. The number of piperidine rings is 3. The van der Waals surface area contributed by atoms with Gasteiger partial charge >= 0.3 is 6.03 Å². The predicted octanol–water partition coefficient (Wildman–Crippen LogP) is 3.75. The van der Waals surface area contributed by atoms with Crippen LogP contribution in [0.2, 0.25) is 5.02 Å². The van der Waals surface area contributed by atoms with Crippen molar-refractivity contribution in [2.24, 2.45) is 11.3 Å². The first kappa shape index (κ1) is 18.3. The van der Waals surface area contributed by atoms with Crippen molar-refractivity contribution in [3.63, 3.8) is 0 Å². The Bertz CT molecular complexity index is 866. The number of hydrogen-bond donors (Lipinski definition) is 2. The number of rotatable bonds is 4. The second-order valence-electron chi connectivity index (χ2n) is 7.92. The Morgan fingerprint density at radius 3 is 2.78 bits per heavy atom. The number of carbonyl (C=O) groups excluding carboxylic acids is 1. The summed E-state index contributed by atoms with van der Waals surface area (Å²) in [6.45, 7) is 6.41. The van der Waals surface area contributed by atoms with Crippen LogP contribution >= 0.6 is 11.6 Å². The highest BCUT2D eigenvalue weighted by atomic mass is 35.5. The van der Waals surface area contributed by atoms with Crippen molar-refractivity contribution in [2.45, 2.75) is 19.8 Å². The molecule has 1 aromatic carbocycles. The number of carbonyl (C=O) groups is 1. The minimum absolute atomic E-state index is 0.148. The number of anilines is 1. The summed E-state index contributed by atoms with van der Waals surface area (Å²) in [6.07, 6.45) is 4.17. The molecule has 2 N–H and O–H groups in total. The van der Waals surface area contributed by atoms with Crippen molar-refractivity contribution in [1.82, 2.24) is 15.2 Å². The van der Waals surface area contributed by atoms with Crippen molar-refractivity contribution in [1.29, 1.82) is 0 Å². The number of urea groups is 1. The lowest BCUT2D eigenvalue weighted by atomic mass is 9.68. The number of pyridine rings is 1. The molecule has 1 atom stereocenters. The summed E-state index contributed by atoms with van der Waals surface area (Å²) >= 11 is 6.19. The fourth-order valence-electron chi connectivity index (χ4n) is 4.44. The Morgan fingerprint density at radius 2 is 2.11 bits per heavy atom. The van der Waals surface area contributed by atoms with Crippen molar-refractivity contribution in [3.05, 3.63) is 29.4 Å². The number of ether oxygens (including phenoxy) is 1. The molecule has 3 fully saturated rings. The van der Waals surface area contributed by atoms with Gasteiger partial charge in [-0.2, -0.15) is 0 Å². The van der Waals surface area contributed by atoms with Crippen LogP contribution in [0.4, 0.5) is 10.6 Å². The second kappa shape index (κ2) is 7.17. The number of methoxy groups -OCH3 is 1. The predicted molar refractivity (Wildman–Crippen MR) is 108 cm³/mol. The second-order valence-corrected chi connectivity index (χ2v) is 8.32. The van der Waals surface area contributed by atoms with Gasteiger partial charge in [0.25, 0.3) is 0 Å². The fourth-order valence-corrected chi connectivity index (χ4v) is 4.69. The monoisotopic (exact) mass is 388 g/mol. The molecule has 0 unspecified atom stereocenters. The number of nitrogens with one attached hydrogen (secondary N) is 2. The molecule has 4 heterocycles. The molecular weight excluding hydrogens is 364 g/mol. The molecule has 6 nitrogen and oxygen atoms in total. The van der Waals surface area contributed by atoms with E-state index in [0.29, 0.717) is 29.1 Å². The molecule has 0 saturated carbocycles. The van der Waals surface area contributed by atoms with Crippen molar-refractivity contribution in [3.8, 4) is 5.75 Å². The average molecular weight is 389 g/mol. The third-order valence-electron chi connectivity index (χ3n) is 6.04. The van der Waals surface area contributed by atoms with E-state index in [1.54, 1.807) is 13.3 Å². The van der Waals surface area contributed by atoms with Crippen LogP contribution in [-0.4, -0.2) is 49.2 Å². The molecule has 3 saturated heterocycles. The summed E-state index contributed by atoms with van der Waals surface area (Å²) in [4.78, 5) is 19.2. The van der Waals surface area contributed by atoms with Gasteiger partial charge in [-0.05, 0) is 55.4 Å². The smallest absolute Gasteiger partial charge is 0.320 e. The normalized spacial score (nSPS) is 26.8. The molecule has 5 rings (SSSR count). The van der Waals surface area contributed by atoms with E-state index < -0.39 is 0 Å². The standard InChI is InChI=1S/C20H25ClN4O2/c1-20(12-25-5-3-15(20)4-6-25)11-23-19(26)24-18-9-13-7-16(21)17(27-2)8-14(13)10-22-18/h7-10,15H,3-6,11-12H2,1-2H3,(H2,22,23,24,26)/t20-/m1/s1. The first-order valence-corrected chi connectivity index (χ1v) is 9.75. The Morgan fingerprint density at radius 1 is 1.33 bits per heavy atom. The molecule has 27 heavy (non-hydrogen) atoms. The highest BCUT2D eigenvalue weighted by molar-refractivity contribution is 6.32. The Labute approximate surface area is 164 Å². The van der Waals surface area contributed by atoms with Crippen LogP contribution in [0.1, 0.15) is 19.8 Å². The van der Waals surface area contributed by atoms with Gasteiger partial charge in [0.2, 0.25) is 0 Å². The molecule has 0 radical (unpaired) electrons. The van der Waals surface area contributed by atoms with Gasteiger partial charge in [0.1, 0.15) is 11.6 Å². The zero-order valence-corrected chi connectivity index (χ0v) is 16.5. The summed E-state index contributed by atoms with van der Waals surface area (Å²) in [5.41, 5.74) is 0.148. The SMILES string of the molecule is COc1cc2cnc(NC(=O)NC[C@]3(C)CN4CCC3CC4)cc2cc1Cl. The van der Waals surface area contributed by atoms with E-state index >= 15 is 0 Å². The van der Waals surface area contributed by atoms with Crippen LogP contribution in [0, 0.1) is 11.3 Å². The molecule has 0 aliphatic carbocycles. The number of fused-ring (bicyclic) bond motifs is 4. The van der Waals surface area contributed by atoms with Gasteiger partial charge in [-0.15, -0.1) is 0 Å². The summed E-state index contributed by atoms with van der Waals surface area (Å²) in [7, 11) is 1.58. The Hall–Kier alpha value is -2.05. The highest BCUT2D eigenvalue weighted by Crippen LogP contribution is 2.41. The topological polar surface area (TPSA) is 66.5 Å². The van der Waals surface area contributed by atoms with Gasteiger partial charge in [0.05, 0.1) is 12.1 Å². The summed E-state index contributed by atoms with van der Waals surface area (Å²) in [5, 5.41) is 8.21. The number of aromatic nitrogens is 1. The van der Waals surface area contributed by atoms with Gasteiger partial charge in [-0.3, -0.25) is 5.32 Å². The number of halogens is 1. The van der Waals surface area contributed by atoms with Gasteiger partial charge in [0, 0.05) is 30.1 Å². The zero-order valence-electron chi connectivity index (χ0n) is 15.7. The number of amides is 2. The quantitative estimate of drug-likeness (QED) is 0.837. The van der Waals surface area contributed by atoms with Crippen molar-refractivity contribution >= 4 is 34.2 Å². The lowest BCUT2D eigenvalue weighted by Crippen LogP contribution is -2.57. The molecule has 1 aromatic heterocycles. The maximum atomic E-state index is 12.4. The third kappa shape index (κ3) is 3.69. The van der Waals surface area contributed by atoms with Crippen LogP contribution in [0.3, 0.4) is 0 Å². The maximum Gasteiger partial charge on any atom is 0.320 e. The summed E-state index contributed by atoms with van der Waals surface area (Å²) in [6, 6.07) is 5.24. The Kier molecular flexibility index (Phi) is 4.86. The van der Waals surface area contributed by atoms with Crippen molar-refractivity contribution in [2.75, 3.05) is 38.6 Å². The number of benzene rings is 1.